The number of fused-ring (bicyclic) bond motifs is 3. The highest BCUT2D eigenvalue weighted by molar-refractivity contribution is 6.06. The largest absolute Gasteiger partial charge is 0.465 e. The zero-order valence-electron chi connectivity index (χ0n) is 25.4. The number of hydrogen-bond donors (Lipinski definition) is 1. The minimum absolute atomic E-state index is 0.257. The van der Waals surface area contributed by atoms with Gasteiger partial charge in [-0.05, 0) is 54.2 Å². The van der Waals surface area contributed by atoms with E-state index < -0.39 is 53.6 Å². The van der Waals surface area contributed by atoms with Gasteiger partial charge in [0.1, 0.15) is 23.2 Å². The summed E-state index contributed by atoms with van der Waals surface area (Å²) in [5.74, 6) is -3.20. The van der Waals surface area contributed by atoms with Crippen LogP contribution in [-0.2, 0) is 23.9 Å². The first-order chi connectivity index (χ1) is 21.9. The van der Waals surface area contributed by atoms with Gasteiger partial charge in [-0.15, -0.1) is 0 Å². The van der Waals surface area contributed by atoms with Gasteiger partial charge in [-0.3, -0.25) is 14.4 Å². The van der Waals surface area contributed by atoms with Gasteiger partial charge in [0.15, 0.2) is 0 Å². The lowest BCUT2D eigenvalue weighted by molar-refractivity contribution is -0.161. The number of allylic oxidation sites excluding steroid dienone is 1. The number of carbonyl (C=O) groups excluding carboxylic acids is 3. The van der Waals surface area contributed by atoms with Crippen molar-refractivity contribution in [2.24, 2.45) is 11.8 Å². The molecule has 3 aromatic rings. The first kappa shape index (κ1) is 29.4. The summed E-state index contributed by atoms with van der Waals surface area (Å²) in [4.78, 5) is 47.1. The van der Waals surface area contributed by atoms with Crippen LogP contribution >= 0.6 is 0 Å². The van der Waals surface area contributed by atoms with Crippen LogP contribution in [0.15, 0.2) is 97.1 Å². The number of likely N-dealkylation sites (tertiary alicyclic amines) is 1. The lowest BCUT2D eigenvalue weighted by Crippen LogP contribution is -2.57. The number of carbonyl (C=O) groups is 3. The molecule has 8 heteroatoms. The molecule has 0 saturated carbocycles. The Kier molecular flexibility index (Phi) is 7.58. The summed E-state index contributed by atoms with van der Waals surface area (Å²) < 4.78 is 12.9. The lowest BCUT2D eigenvalue weighted by atomic mass is 9.73. The molecule has 1 spiro atoms. The monoisotopic (exact) mass is 606 g/mol. The average molecular weight is 607 g/mol. The maximum atomic E-state index is 15.0. The fourth-order valence-corrected chi connectivity index (χ4v) is 7.92. The summed E-state index contributed by atoms with van der Waals surface area (Å²) in [5.41, 5.74) is -1.21. The number of aliphatic hydroxyl groups is 1. The van der Waals surface area contributed by atoms with E-state index in [4.69, 9.17) is 9.47 Å². The van der Waals surface area contributed by atoms with E-state index in [1.54, 1.807) is 4.90 Å². The summed E-state index contributed by atoms with van der Waals surface area (Å²) in [6.45, 7) is 2.05. The Bertz CT molecular complexity index is 1690. The van der Waals surface area contributed by atoms with E-state index in [0.29, 0.717) is 17.7 Å². The van der Waals surface area contributed by atoms with Crippen molar-refractivity contribution in [3.8, 4) is 0 Å². The number of hydrogen-bond acceptors (Lipinski definition) is 6. The van der Waals surface area contributed by atoms with Crippen molar-refractivity contribution in [2.45, 2.75) is 55.9 Å². The summed E-state index contributed by atoms with van der Waals surface area (Å²) in [7, 11) is 0. The molecule has 2 saturated heterocycles. The Hall–Kier alpha value is -4.27. The van der Waals surface area contributed by atoms with Gasteiger partial charge in [-0.2, -0.15) is 0 Å². The van der Waals surface area contributed by atoms with E-state index in [-0.39, 0.29) is 19.1 Å². The van der Waals surface area contributed by atoms with E-state index in [1.807, 2.05) is 104 Å². The van der Waals surface area contributed by atoms with Crippen LogP contribution < -0.4 is 4.90 Å². The molecule has 45 heavy (non-hydrogen) atoms. The second kappa shape index (κ2) is 11.6. The van der Waals surface area contributed by atoms with Crippen molar-refractivity contribution in [2.75, 3.05) is 24.7 Å². The van der Waals surface area contributed by atoms with E-state index in [0.717, 1.165) is 30.0 Å². The van der Waals surface area contributed by atoms with Crippen molar-refractivity contribution in [3.05, 3.63) is 103 Å². The van der Waals surface area contributed by atoms with Crippen molar-refractivity contribution in [3.63, 3.8) is 0 Å². The van der Waals surface area contributed by atoms with Crippen molar-refractivity contribution >= 4 is 34.2 Å². The van der Waals surface area contributed by atoms with Gasteiger partial charge in [0.05, 0.1) is 25.2 Å². The van der Waals surface area contributed by atoms with Crippen molar-refractivity contribution in [1.82, 2.24) is 4.90 Å². The number of nitrogens with zero attached hydrogens (tertiary/aromatic N) is 2. The molecule has 232 valence electrons. The molecule has 1 unspecified atom stereocenters. The standard InChI is InChI=1S/C37H38N2O6/c1-2-36-19-10-3-4-11-22-44-35(43)31(36)30-33(41)39(29(24-40)26-14-6-5-7-15-26)32-34(42)38(21-12-20-37(30,32)45-36)28-18-17-25-13-8-9-16-27(25)23-28/h5-10,12-20,23,29-32,40H,2-4,11,21-22,24H2,1H3/b19-10-/t29-,30+,31+,32?,36-,37+/m1/s1. The van der Waals surface area contributed by atoms with Gasteiger partial charge in [-0.1, -0.05) is 91.9 Å². The van der Waals surface area contributed by atoms with E-state index in [2.05, 4.69) is 0 Å². The number of ether oxygens (including phenoxy) is 2. The maximum Gasteiger partial charge on any atom is 0.313 e. The van der Waals surface area contributed by atoms with Crippen LogP contribution in [0.3, 0.4) is 0 Å². The fraction of sp³-hybridized carbons (Fsp3) is 0.378. The van der Waals surface area contributed by atoms with Crippen LogP contribution in [0, 0.1) is 11.8 Å². The molecule has 2 amide bonds. The zero-order valence-corrected chi connectivity index (χ0v) is 25.4. The third kappa shape index (κ3) is 4.61. The lowest BCUT2D eigenvalue weighted by Gasteiger charge is -2.41. The quantitative estimate of drug-likeness (QED) is 0.320. The predicted molar refractivity (Wildman–Crippen MR) is 170 cm³/mol. The van der Waals surface area contributed by atoms with Gasteiger partial charge in [-0.25, -0.2) is 0 Å². The fourth-order valence-electron chi connectivity index (χ4n) is 7.92. The number of esters is 1. The molecule has 3 aromatic carbocycles. The molecular formula is C37H38N2O6. The minimum Gasteiger partial charge on any atom is -0.465 e. The highest BCUT2D eigenvalue weighted by Gasteiger charge is 2.76. The SMILES string of the molecule is CC[C@@]12/C=C\CCCCOC(=O)[C@@H]1[C@H]1C(=O)N([C@H](CO)c3ccccc3)C3C(=O)N(c4ccc5ccccc5c4)CC=C[C@@]31O2. The molecule has 8 nitrogen and oxygen atoms in total. The Morgan fingerprint density at radius 1 is 0.889 bits per heavy atom. The number of rotatable bonds is 5. The van der Waals surface area contributed by atoms with Gasteiger partial charge in [0.25, 0.3) is 5.91 Å². The second-order valence-electron chi connectivity index (χ2n) is 12.4. The minimum atomic E-state index is -1.46. The molecule has 0 bridgehead atoms. The molecule has 7 rings (SSSR count). The normalized spacial score (nSPS) is 31.2. The average Bonchev–Trinajstić information content (AvgIpc) is 3.42. The smallest absolute Gasteiger partial charge is 0.313 e. The van der Waals surface area contributed by atoms with Crippen LogP contribution in [-0.4, -0.2) is 64.8 Å². The van der Waals surface area contributed by atoms with Crippen molar-refractivity contribution < 1.29 is 29.0 Å². The van der Waals surface area contributed by atoms with Gasteiger partial charge >= 0.3 is 5.97 Å². The number of amides is 2. The third-order valence-electron chi connectivity index (χ3n) is 10.1. The number of benzene rings is 3. The zero-order chi connectivity index (χ0) is 31.2. The highest BCUT2D eigenvalue weighted by Crippen LogP contribution is 2.59. The van der Waals surface area contributed by atoms with Crippen LogP contribution in [0.25, 0.3) is 10.8 Å². The summed E-state index contributed by atoms with van der Waals surface area (Å²) >= 11 is 0. The van der Waals surface area contributed by atoms with E-state index >= 15 is 4.79 Å². The number of aliphatic hydroxyl groups excluding tert-OH is 1. The Labute approximate surface area is 262 Å². The van der Waals surface area contributed by atoms with Crippen molar-refractivity contribution in [1.29, 1.82) is 0 Å². The van der Waals surface area contributed by atoms with E-state index in [1.165, 1.54) is 4.90 Å². The maximum absolute atomic E-state index is 15.0. The molecule has 0 aromatic heterocycles. The molecule has 2 fully saturated rings. The first-order valence-corrected chi connectivity index (χ1v) is 15.9. The van der Waals surface area contributed by atoms with Crippen LogP contribution in [0.1, 0.15) is 44.2 Å². The molecule has 4 heterocycles. The van der Waals surface area contributed by atoms with Crippen LogP contribution in [0.4, 0.5) is 5.69 Å². The molecule has 6 atom stereocenters. The van der Waals surface area contributed by atoms with E-state index in [9.17, 15) is 14.7 Å². The van der Waals surface area contributed by atoms with Crippen LogP contribution in [0.2, 0.25) is 0 Å². The topological polar surface area (TPSA) is 96.4 Å². The molecule has 0 radical (unpaired) electrons. The summed E-state index contributed by atoms with van der Waals surface area (Å²) in [6, 6.07) is 21.1. The first-order valence-electron chi connectivity index (χ1n) is 15.9. The van der Waals surface area contributed by atoms with Gasteiger partial charge in [0, 0.05) is 12.2 Å². The molecule has 4 aliphatic rings. The van der Waals surface area contributed by atoms with Gasteiger partial charge in [0.2, 0.25) is 5.91 Å². The Morgan fingerprint density at radius 3 is 2.44 bits per heavy atom. The Balaban J connectivity index is 1.41. The number of anilines is 1. The number of cyclic esters (lactones) is 1. The molecule has 0 aliphatic carbocycles. The van der Waals surface area contributed by atoms with Crippen LogP contribution in [0.5, 0.6) is 0 Å². The predicted octanol–water partition coefficient (Wildman–Crippen LogP) is 5.12. The molecule has 4 aliphatic heterocycles. The second-order valence-corrected chi connectivity index (χ2v) is 12.4. The highest BCUT2D eigenvalue weighted by atomic mass is 16.6. The summed E-state index contributed by atoms with van der Waals surface area (Å²) in [5, 5.41) is 12.9. The molecular weight excluding hydrogens is 568 g/mol. The van der Waals surface area contributed by atoms with Gasteiger partial charge < -0.3 is 24.4 Å². The Morgan fingerprint density at radius 2 is 1.67 bits per heavy atom. The summed E-state index contributed by atoms with van der Waals surface area (Å²) in [6.07, 6.45) is 10.5. The molecule has 1 N–H and O–H groups in total. The third-order valence-corrected chi connectivity index (χ3v) is 10.1.